The molecular formula is C30H38N4O6. The van der Waals surface area contributed by atoms with Crippen molar-refractivity contribution >= 4 is 11.8 Å². The highest BCUT2D eigenvalue weighted by Gasteiger charge is 2.30. The number of nitrogens with zero attached hydrogens (tertiary/aromatic N) is 2. The van der Waals surface area contributed by atoms with E-state index in [4.69, 9.17) is 18.7 Å². The molecule has 1 aliphatic heterocycles. The zero-order valence-electron chi connectivity index (χ0n) is 23.6. The lowest BCUT2D eigenvalue weighted by atomic mass is 10.1. The van der Waals surface area contributed by atoms with E-state index in [2.05, 4.69) is 39.2 Å². The molecule has 1 aromatic heterocycles. The Balaban J connectivity index is 1.45. The van der Waals surface area contributed by atoms with Gasteiger partial charge in [-0.1, -0.05) is 5.92 Å². The molecule has 1 fully saturated rings. The van der Waals surface area contributed by atoms with Crippen LogP contribution in [0.5, 0.6) is 0 Å². The van der Waals surface area contributed by atoms with Gasteiger partial charge in [-0.2, -0.15) is 0 Å². The first-order chi connectivity index (χ1) is 19.4. The smallest absolute Gasteiger partial charge is 0.271 e. The first-order valence-corrected chi connectivity index (χ1v) is 13.3. The molecule has 1 saturated heterocycles. The Bertz CT molecular complexity index is 1210. The van der Waals surface area contributed by atoms with Crippen molar-refractivity contribution in [2.45, 2.75) is 32.0 Å². The standard InChI is InChI=1S/C30H38N4O6/c1-23(37-3)28(30(36)33(2)38-4)32-29(35)25-12-10-24(11-13-25)8-5-6-9-26-14-15-27(40-26)22-31-16-7-17-34-18-20-39-21-19-34/h10-15,23,28,31H,7,16-22H2,1-4H3,(H,32,35)/t23-,28+/m1/s1. The van der Waals surface area contributed by atoms with Crippen LogP contribution in [0.1, 0.15) is 40.8 Å². The molecule has 2 heterocycles. The minimum atomic E-state index is -0.907. The summed E-state index contributed by atoms with van der Waals surface area (Å²) in [6.07, 6.45) is 0.526. The molecule has 0 radical (unpaired) electrons. The molecule has 0 bridgehead atoms. The van der Waals surface area contributed by atoms with Crippen LogP contribution in [0.3, 0.4) is 0 Å². The molecule has 2 atom stereocenters. The molecule has 0 unspecified atom stereocenters. The summed E-state index contributed by atoms with van der Waals surface area (Å²) in [4.78, 5) is 32.6. The molecule has 0 aliphatic carbocycles. The lowest BCUT2D eigenvalue weighted by molar-refractivity contribution is -0.173. The third-order valence-corrected chi connectivity index (χ3v) is 6.47. The van der Waals surface area contributed by atoms with E-state index >= 15 is 0 Å². The average Bonchev–Trinajstić information content (AvgIpc) is 3.45. The highest BCUT2D eigenvalue weighted by atomic mass is 16.7. The van der Waals surface area contributed by atoms with Crippen LogP contribution in [0, 0.1) is 23.7 Å². The number of hydrogen-bond donors (Lipinski definition) is 2. The first-order valence-electron chi connectivity index (χ1n) is 13.3. The SMILES string of the molecule is CO[C@H](C)[C@H](NC(=O)c1ccc(C#CC#Cc2ccc(CNCCCN3CCOCC3)o2)cc1)C(=O)N(C)OC. The average molecular weight is 551 g/mol. The van der Waals surface area contributed by atoms with E-state index in [0.717, 1.165) is 56.6 Å². The summed E-state index contributed by atoms with van der Waals surface area (Å²) in [5.74, 6) is 12.0. The Labute approximate surface area is 236 Å². The highest BCUT2D eigenvalue weighted by Crippen LogP contribution is 2.08. The Morgan fingerprint density at radius 2 is 1.80 bits per heavy atom. The molecule has 0 saturated carbocycles. The van der Waals surface area contributed by atoms with Crippen molar-refractivity contribution in [1.82, 2.24) is 20.6 Å². The van der Waals surface area contributed by atoms with E-state index in [0.29, 0.717) is 23.4 Å². The number of carbonyl (C=O) groups is 2. The van der Waals surface area contributed by atoms with Gasteiger partial charge < -0.3 is 24.5 Å². The number of furan rings is 1. The van der Waals surface area contributed by atoms with Gasteiger partial charge in [-0.05, 0) is 80.6 Å². The molecule has 3 rings (SSSR count). The monoisotopic (exact) mass is 550 g/mol. The number of morpholine rings is 1. The van der Waals surface area contributed by atoms with Crippen LogP contribution in [-0.2, 0) is 25.7 Å². The Morgan fingerprint density at radius 1 is 1.07 bits per heavy atom. The maximum absolute atomic E-state index is 12.7. The van der Waals surface area contributed by atoms with Crippen molar-refractivity contribution in [2.75, 3.05) is 60.7 Å². The van der Waals surface area contributed by atoms with Gasteiger partial charge in [0.2, 0.25) is 0 Å². The van der Waals surface area contributed by atoms with Gasteiger partial charge in [0.25, 0.3) is 11.8 Å². The van der Waals surface area contributed by atoms with Crippen LogP contribution in [0.15, 0.2) is 40.8 Å². The fourth-order valence-electron chi connectivity index (χ4n) is 3.93. The normalized spacial score (nSPS) is 14.7. The zero-order chi connectivity index (χ0) is 28.7. The molecule has 2 N–H and O–H groups in total. The van der Waals surface area contributed by atoms with Gasteiger partial charge >= 0.3 is 0 Å². The number of ether oxygens (including phenoxy) is 2. The number of hydroxylamine groups is 2. The number of nitrogens with one attached hydrogen (secondary N) is 2. The van der Waals surface area contributed by atoms with Crippen LogP contribution < -0.4 is 10.6 Å². The van der Waals surface area contributed by atoms with Crippen LogP contribution in [0.2, 0.25) is 0 Å². The maximum atomic E-state index is 12.7. The second kappa shape index (κ2) is 16.5. The number of hydrogen-bond acceptors (Lipinski definition) is 8. The molecule has 1 aliphatic rings. The number of rotatable bonds is 12. The van der Waals surface area contributed by atoms with Gasteiger partial charge in [-0.25, -0.2) is 5.06 Å². The summed E-state index contributed by atoms with van der Waals surface area (Å²) in [5.41, 5.74) is 1.08. The molecule has 40 heavy (non-hydrogen) atoms. The van der Waals surface area contributed by atoms with Crippen molar-refractivity contribution < 1.29 is 28.3 Å². The van der Waals surface area contributed by atoms with E-state index in [1.165, 1.54) is 21.3 Å². The van der Waals surface area contributed by atoms with E-state index in [9.17, 15) is 9.59 Å². The van der Waals surface area contributed by atoms with Crippen LogP contribution in [0.25, 0.3) is 0 Å². The number of methoxy groups -OCH3 is 1. The van der Waals surface area contributed by atoms with Gasteiger partial charge in [0.05, 0.1) is 33.0 Å². The van der Waals surface area contributed by atoms with Crippen molar-refractivity contribution in [1.29, 1.82) is 0 Å². The predicted octanol–water partition coefficient (Wildman–Crippen LogP) is 1.65. The number of benzene rings is 1. The van der Waals surface area contributed by atoms with Crippen molar-refractivity contribution in [3.8, 4) is 23.7 Å². The summed E-state index contributed by atoms with van der Waals surface area (Å²) >= 11 is 0. The first kappa shape index (κ1) is 30.9. The molecule has 2 aromatic rings. The molecule has 10 nitrogen and oxygen atoms in total. The lowest BCUT2D eigenvalue weighted by Crippen LogP contribution is -2.53. The maximum Gasteiger partial charge on any atom is 0.271 e. The summed E-state index contributed by atoms with van der Waals surface area (Å²) < 4.78 is 16.4. The van der Waals surface area contributed by atoms with Gasteiger partial charge in [0, 0.05) is 38.4 Å². The van der Waals surface area contributed by atoms with E-state index in [1.54, 1.807) is 31.2 Å². The highest BCUT2D eigenvalue weighted by molar-refractivity contribution is 5.97. The lowest BCUT2D eigenvalue weighted by Gasteiger charge is -2.26. The minimum absolute atomic E-state index is 0.385. The number of carbonyl (C=O) groups excluding carboxylic acids is 2. The van der Waals surface area contributed by atoms with Gasteiger partial charge in [0.15, 0.2) is 5.76 Å². The zero-order valence-corrected chi connectivity index (χ0v) is 23.6. The molecular weight excluding hydrogens is 512 g/mol. The third kappa shape index (κ3) is 9.83. The van der Waals surface area contributed by atoms with Crippen molar-refractivity contribution in [3.63, 3.8) is 0 Å². The number of likely N-dealkylation sites (N-methyl/N-ethyl adjacent to an activating group) is 1. The second-order valence-electron chi connectivity index (χ2n) is 9.24. The molecule has 0 spiro atoms. The summed E-state index contributed by atoms with van der Waals surface area (Å²) in [5, 5.41) is 7.16. The van der Waals surface area contributed by atoms with E-state index < -0.39 is 24.0 Å². The summed E-state index contributed by atoms with van der Waals surface area (Å²) in [7, 11) is 4.31. The van der Waals surface area contributed by atoms with Crippen LogP contribution in [0.4, 0.5) is 0 Å². The van der Waals surface area contributed by atoms with Crippen molar-refractivity contribution in [3.05, 3.63) is 59.0 Å². The second-order valence-corrected chi connectivity index (χ2v) is 9.24. The minimum Gasteiger partial charge on any atom is -0.451 e. The van der Waals surface area contributed by atoms with E-state index in [-0.39, 0.29) is 0 Å². The van der Waals surface area contributed by atoms with Crippen LogP contribution >= 0.6 is 0 Å². The topological polar surface area (TPSA) is 106 Å². The largest absolute Gasteiger partial charge is 0.451 e. The van der Waals surface area contributed by atoms with Crippen LogP contribution in [-0.4, -0.2) is 94.6 Å². The predicted molar refractivity (Wildman–Crippen MR) is 150 cm³/mol. The third-order valence-electron chi connectivity index (χ3n) is 6.47. The number of amides is 2. The quantitative estimate of drug-likeness (QED) is 0.234. The fraction of sp³-hybridized carbons (Fsp3) is 0.467. The Morgan fingerprint density at radius 3 is 2.50 bits per heavy atom. The fourth-order valence-corrected chi connectivity index (χ4v) is 3.93. The van der Waals surface area contributed by atoms with Crippen molar-refractivity contribution in [2.24, 2.45) is 0 Å². The Hall–Kier alpha value is -3.64. The van der Waals surface area contributed by atoms with Gasteiger partial charge in [-0.15, -0.1) is 0 Å². The summed E-state index contributed by atoms with van der Waals surface area (Å²) in [6, 6.07) is 9.55. The Kier molecular flexibility index (Phi) is 12.7. The molecule has 10 heteroatoms. The molecule has 1 aromatic carbocycles. The summed E-state index contributed by atoms with van der Waals surface area (Å²) in [6.45, 7) is 8.01. The van der Waals surface area contributed by atoms with Gasteiger partial charge in [-0.3, -0.25) is 19.3 Å². The van der Waals surface area contributed by atoms with Gasteiger partial charge in [0.1, 0.15) is 11.8 Å². The molecule has 214 valence electrons. The van der Waals surface area contributed by atoms with E-state index in [1.807, 2.05) is 12.1 Å². The molecule has 2 amide bonds.